The summed E-state index contributed by atoms with van der Waals surface area (Å²) in [5, 5.41) is 11.8. The summed E-state index contributed by atoms with van der Waals surface area (Å²) < 4.78 is 2.82. The Bertz CT molecular complexity index is 618. The van der Waals surface area contributed by atoms with Crippen molar-refractivity contribution in [1.29, 1.82) is 0 Å². The predicted octanol–water partition coefficient (Wildman–Crippen LogP) is 3.62. The first-order valence-electron chi connectivity index (χ1n) is 6.89. The highest BCUT2D eigenvalue weighted by atomic mass is 79.9. The fraction of sp³-hybridized carbons (Fsp3) is 0.312. The summed E-state index contributed by atoms with van der Waals surface area (Å²) in [6, 6.07) is 9.53. The van der Waals surface area contributed by atoms with Crippen LogP contribution in [0.5, 0.6) is 0 Å². The molecule has 1 heterocycles. The number of aliphatic hydroxyl groups excluding tert-OH is 1. The zero-order chi connectivity index (χ0) is 15.4. The van der Waals surface area contributed by atoms with Crippen molar-refractivity contribution in [3.8, 4) is 0 Å². The SMILES string of the molecule is CC(C)n1cc(Br)cc1C(=O)Nc1ccc(CCO)cc1. The van der Waals surface area contributed by atoms with E-state index >= 15 is 0 Å². The Kier molecular flexibility index (Phi) is 5.20. The first-order valence-corrected chi connectivity index (χ1v) is 7.69. The predicted molar refractivity (Wildman–Crippen MR) is 87.7 cm³/mol. The molecule has 112 valence electrons. The van der Waals surface area contributed by atoms with Crippen LogP contribution in [0.1, 0.15) is 35.9 Å². The van der Waals surface area contributed by atoms with Gasteiger partial charge in [-0.15, -0.1) is 0 Å². The number of halogens is 1. The van der Waals surface area contributed by atoms with E-state index in [2.05, 4.69) is 21.2 Å². The molecule has 0 radical (unpaired) electrons. The van der Waals surface area contributed by atoms with E-state index in [9.17, 15) is 4.79 Å². The lowest BCUT2D eigenvalue weighted by molar-refractivity contribution is 0.101. The van der Waals surface area contributed by atoms with E-state index in [0.717, 1.165) is 15.7 Å². The summed E-state index contributed by atoms with van der Waals surface area (Å²) in [6.07, 6.45) is 2.53. The fourth-order valence-electron chi connectivity index (χ4n) is 2.13. The van der Waals surface area contributed by atoms with Crippen molar-refractivity contribution in [3.63, 3.8) is 0 Å². The summed E-state index contributed by atoms with van der Waals surface area (Å²) >= 11 is 3.41. The van der Waals surface area contributed by atoms with Crippen LogP contribution >= 0.6 is 15.9 Å². The summed E-state index contributed by atoms with van der Waals surface area (Å²) in [5.74, 6) is -0.135. The number of amides is 1. The number of rotatable bonds is 5. The van der Waals surface area contributed by atoms with E-state index in [-0.39, 0.29) is 18.6 Å². The number of carbonyl (C=O) groups is 1. The van der Waals surface area contributed by atoms with Crippen LogP contribution in [0.25, 0.3) is 0 Å². The fourth-order valence-corrected chi connectivity index (χ4v) is 2.57. The van der Waals surface area contributed by atoms with Gasteiger partial charge in [0.15, 0.2) is 0 Å². The van der Waals surface area contributed by atoms with Crippen molar-refractivity contribution in [3.05, 3.63) is 52.3 Å². The van der Waals surface area contributed by atoms with Crippen molar-refractivity contribution < 1.29 is 9.90 Å². The molecule has 0 unspecified atom stereocenters. The van der Waals surface area contributed by atoms with Gasteiger partial charge in [0.2, 0.25) is 0 Å². The number of nitrogens with one attached hydrogen (secondary N) is 1. The summed E-state index contributed by atoms with van der Waals surface area (Å²) in [5.41, 5.74) is 2.41. The van der Waals surface area contributed by atoms with Gasteiger partial charge in [-0.05, 0) is 60.0 Å². The molecule has 2 rings (SSSR count). The molecule has 2 N–H and O–H groups in total. The number of anilines is 1. The standard InChI is InChI=1S/C16H19BrN2O2/c1-11(2)19-10-13(17)9-15(19)16(21)18-14-5-3-12(4-6-14)7-8-20/h3-6,9-11,20H,7-8H2,1-2H3,(H,18,21). The number of benzene rings is 1. The third-order valence-corrected chi connectivity index (χ3v) is 3.65. The van der Waals surface area contributed by atoms with Crippen LogP contribution in [-0.4, -0.2) is 22.2 Å². The quantitative estimate of drug-likeness (QED) is 0.865. The van der Waals surface area contributed by atoms with E-state index in [1.54, 1.807) is 0 Å². The molecule has 0 spiro atoms. The molecule has 0 aliphatic carbocycles. The minimum Gasteiger partial charge on any atom is -0.396 e. The Labute approximate surface area is 132 Å². The van der Waals surface area contributed by atoms with E-state index in [1.807, 2.05) is 54.9 Å². The van der Waals surface area contributed by atoms with E-state index in [1.165, 1.54) is 0 Å². The minimum absolute atomic E-state index is 0.127. The summed E-state index contributed by atoms with van der Waals surface area (Å²) in [4.78, 5) is 12.4. The van der Waals surface area contributed by atoms with Gasteiger partial charge in [-0.1, -0.05) is 12.1 Å². The number of carbonyl (C=O) groups excluding carboxylic acids is 1. The van der Waals surface area contributed by atoms with Crippen molar-refractivity contribution in [1.82, 2.24) is 4.57 Å². The van der Waals surface area contributed by atoms with Crippen molar-refractivity contribution in [2.24, 2.45) is 0 Å². The summed E-state index contributed by atoms with van der Waals surface area (Å²) in [7, 11) is 0. The van der Waals surface area contributed by atoms with Crippen LogP contribution in [0.2, 0.25) is 0 Å². The molecule has 0 fully saturated rings. The molecule has 0 bridgehead atoms. The topological polar surface area (TPSA) is 54.3 Å². The lowest BCUT2D eigenvalue weighted by atomic mass is 10.1. The van der Waals surface area contributed by atoms with Crippen LogP contribution < -0.4 is 5.32 Å². The van der Waals surface area contributed by atoms with Gasteiger partial charge in [-0.25, -0.2) is 0 Å². The van der Waals surface area contributed by atoms with Gasteiger partial charge in [0.1, 0.15) is 5.69 Å². The molecule has 0 aliphatic heterocycles. The van der Waals surface area contributed by atoms with Crippen LogP contribution in [0.3, 0.4) is 0 Å². The average Bonchev–Trinajstić information content (AvgIpc) is 2.84. The largest absolute Gasteiger partial charge is 0.396 e. The van der Waals surface area contributed by atoms with Crippen molar-refractivity contribution in [2.45, 2.75) is 26.3 Å². The molecule has 4 nitrogen and oxygen atoms in total. The maximum absolute atomic E-state index is 12.4. The first kappa shape index (κ1) is 15.8. The van der Waals surface area contributed by atoms with Crippen molar-refractivity contribution >= 4 is 27.5 Å². The molecule has 2 aromatic rings. The second-order valence-corrected chi connectivity index (χ2v) is 6.08. The van der Waals surface area contributed by atoms with Gasteiger partial charge in [0, 0.05) is 29.0 Å². The average molecular weight is 351 g/mol. The smallest absolute Gasteiger partial charge is 0.272 e. The van der Waals surface area contributed by atoms with Gasteiger partial charge >= 0.3 is 0 Å². The van der Waals surface area contributed by atoms with Gasteiger partial charge in [0.25, 0.3) is 5.91 Å². The normalized spacial score (nSPS) is 10.9. The second-order valence-electron chi connectivity index (χ2n) is 5.17. The zero-order valence-corrected chi connectivity index (χ0v) is 13.7. The number of hydrogen-bond acceptors (Lipinski definition) is 2. The molecule has 0 atom stereocenters. The molecule has 0 aliphatic rings. The van der Waals surface area contributed by atoms with Gasteiger partial charge < -0.3 is 15.0 Å². The van der Waals surface area contributed by atoms with Crippen LogP contribution in [0.4, 0.5) is 5.69 Å². The maximum Gasteiger partial charge on any atom is 0.272 e. The molecule has 0 saturated carbocycles. The Morgan fingerprint density at radius 1 is 1.33 bits per heavy atom. The summed E-state index contributed by atoms with van der Waals surface area (Å²) in [6.45, 7) is 4.20. The Morgan fingerprint density at radius 3 is 2.57 bits per heavy atom. The minimum atomic E-state index is -0.135. The Hall–Kier alpha value is -1.59. The first-order chi connectivity index (χ1) is 10.0. The van der Waals surface area contributed by atoms with E-state index in [4.69, 9.17) is 5.11 Å². The molecule has 1 aromatic heterocycles. The molecule has 1 amide bonds. The third kappa shape index (κ3) is 3.95. The molecule has 5 heteroatoms. The lowest BCUT2D eigenvalue weighted by Gasteiger charge is -2.13. The van der Waals surface area contributed by atoms with Gasteiger partial charge in [0.05, 0.1) is 0 Å². The second kappa shape index (κ2) is 6.91. The third-order valence-electron chi connectivity index (χ3n) is 3.22. The number of aromatic nitrogens is 1. The van der Waals surface area contributed by atoms with Crippen LogP contribution in [-0.2, 0) is 6.42 Å². The van der Waals surface area contributed by atoms with Crippen LogP contribution in [0, 0.1) is 0 Å². The molecular formula is C16H19BrN2O2. The highest BCUT2D eigenvalue weighted by Crippen LogP contribution is 2.20. The zero-order valence-electron chi connectivity index (χ0n) is 12.1. The van der Waals surface area contributed by atoms with Crippen LogP contribution in [0.15, 0.2) is 41.0 Å². The maximum atomic E-state index is 12.4. The molecule has 1 aromatic carbocycles. The highest BCUT2D eigenvalue weighted by molar-refractivity contribution is 9.10. The van der Waals surface area contributed by atoms with Gasteiger partial charge in [-0.3, -0.25) is 4.79 Å². The van der Waals surface area contributed by atoms with Gasteiger partial charge in [-0.2, -0.15) is 0 Å². The highest BCUT2D eigenvalue weighted by Gasteiger charge is 2.15. The molecule has 21 heavy (non-hydrogen) atoms. The monoisotopic (exact) mass is 350 g/mol. The molecular weight excluding hydrogens is 332 g/mol. The number of hydrogen-bond donors (Lipinski definition) is 2. The van der Waals surface area contributed by atoms with E-state index in [0.29, 0.717) is 12.1 Å². The Balaban J connectivity index is 2.14. The lowest BCUT2D eigenvalue weighted by Crippen LogP contribution is -2.17. The Morgan fingerprint density at radius 2 is 2.00 bits per heavy atom. The molecule has 0 saturated heterocycles. The van der Waals surface area contributed by atoms with E-state index < -0.39 is 0 Å². The number of aliphatic hydroxyl groups is 1. The van der Waals surface area contributed by atoms with Crippen molar-refractivity contribution in [2.75, 3.05) is 11.9 Å². The number of nitrogens with zero attached hydrogens (tertiary/aromatic N) is 1.